The Kier molecular flexibility index (Phi) is 7.41. The van der Waals surface area contributed by atoms with Gasteiger partial charge >= 0.3 is 0 Å². The van der Waals surface area contributed by atoms with E-state index in [1.807, 2.05) is 24.3 Å². The normalized spacial score (nSPS) is 10.9. The van der Waals surface area contributed by atoms with E-state index in [2.05, 4.69) is 34.7 Å². The van der Waals surface area contributed by atoms with Gasteiger partial charge in [0.05, 0.1) is 17.9 Å². The highest BCUT2D eigenvalue weighted by Gasteiger charge is 2.16. The quantitative estimate of drug-likeness (QED) is 0.516. The molecule has 0 aliphatic carbocycles. The molecule has 1 heterocycles. The molecule has 0 aliphatic rings. The number of rotatable bonds is 8. The maximum absolute atomic E-state index is 13.7. The van der Waals surface area contributed by atoms with E-state index in [1.165, 1.54) is 23.9 Å². The summed E-state index contributed by atoms with van der Waals surface area (Å²) in [7, 11) is 1.72. The van der Waals surface area contributed by atoms with Crippen molar-refractivity contribution in [1.29, 1.82) is 0 Å². The van der Waals surface area contributed by atoms with Crippen molar-refractivity contribution in [2.24, 2.45) is 7.05 Å². The fraction of sp³-hybridized carbons (Fsp3) is 0.273. The molecule has 0 spiro atoms. The minimum Gasteiger partial charge on any atom is -0.325 e. The molecule has 9 heteroatoms. The summed E-state index contributed by atoms with van der Waals surface area (Å²) in [6.45, 7) is 4.15. The molecule has 0 atom stereocenters. The Hall–Kier alpha value is -3.20. The molecule has 31 heavy (non-hydrogen) atoms. The fourth-order valence-corrected chi connectivity index (χ4v) is 3.69. The van der Waals surface area contributed by atoms with E-state index >= 15 is 0 Å². The lowest BCUT2D eigenvalue weighted by Gasteiger charge is -2.13. The maximum atomic E-state index is 13.7. The van der Waals surface area contributed by atoms with Gasteiger partial charge in [-0.1, -0.05) is 55.9 Å². The van der Waals surface area contributed by atoms with Crippen LogP contribution in [-0.4, -0.2) is 32.3 Å². The number of amides is 2. The summed E-state index contributed by atoms with van der Waals surface area (Å²) in [6.07, 6.45) is -0.0631. The topological polar surface area (TPSA) is 88.9 Å². The van der Waals surface area contributed by atoms with Crippen LogP contribution in [0, 0.1) is 5.82 Å². The molecule has 0 unspecified atom stereocenters. The second-order valence-electron chi connectivity index (χ2n) is 7.24. The van der Waals surface area contributed by atoms with E-state index < -0.39 is 11.7 Å². The van der Waals surface area contributed by atoms with Crippen molar-refractivity contribution in [3.8, 4) is 0 Å². The van der Waals surface area contributed by atoms with Gasteiger partial charge < -0.3 is 15.2 Å². The van der Waals surface area contributed by atoms with E-state index in [0.717, 1.165) is 11.3 Å². The molecule has 2 amide bonds. The number of anilines is 2. The Labute approximate surface area is 184 Å². The molecule has 0 fully saturated rings. The first-order valence-corrected chi connectivity index (χ1v) is 10.8. The van der Waals surface area contributed by atoms with Crippen LogP contribution in [0.2, 0.25) is 0 Å². The third-order valence-corrected chi connectivity index (χ3v) is 5.60. The predicted octanol–water partition coefficient (Wildman–Crippen LogP) is 3.99. The van der Waals surface area contributed by atoms with Crippen molar-refractivity contribution < 1.29 is 14.0 Å². The number of hydrogen-bond donors (Lipinski definition) is 2. The Morgan fingerprint density at radius 2 is 1.65 bits per heavy atom. The number of para-hydroxylation sites is 2. The zero-order valence-corrected chi connectivity index (χ0v) is 18.4. The molecular formula is C22H24FN5O2S. The summed E-state index contributed by atoms with van der Waals surface area (Å²) < 4.78 is 15.3. The first-order chi connectivity index (χ1) is 14.8. The zero-order valence-electron chi connectivity index (χ0n) is 17.6. The molecule has 0 saturated heterocycles. The number of halogens is 1. The van der Waals surface area contributed by atoms with Crippen molar-refractivity contribution in [2.45, 2.75) is 31.3 Å². The molecule has 3 aromatic rings. The first-order valence-electron chi connectivity index (χ1n) is 9.79. The average Bonchev–Trinajstić information content (AvgIpc) is 3.07. The van der Waals surface area contributed by atoms with Gasteiger partial charge in [-0.15, -0.1) is 10.2 Å². The Balaban J connectivity index is 1.56. The van der Waals surface area contributed by atoms with Crippen LogP contribution < -0.4 is 10.6 Å². The lowest BCUT2D eigenvalue weighted by atomic mass is 10.0. The molecule has 2 aromatic carbocycles. The van der Waals surface area contributed by atoms with Gasteiger partial charge in [0, 0.05) is 12.7 Å². The number of carbonyl (C=O) groups excluding carboxylic acids is 2. The van der Waals surface area contributed by atoms with Crippen LogP contribution in [0.3, 0.4) is 0 Å². The van der Waals surface area contributed by atoms with Crippen LogP contribution >= 0.6 is 11.8 Å². The third-order valence-electron chi connectivity index (χ3n) is 4.58. The predicted molar refractivity (Wildman–Crippen MR) is 120 cm³/mol. The van der Waals surface area contributed by atoms with E-state index in [0.29, 0.717) is 16.9 Å². The number of nitrogens with one attached hydrogen (secondary N) is 2. The second kappa shape index (κ2) is 10.2. The maximum Gasteiger partial charge on any atom is 0.234 e. The first kappa shape index (κ1) is 22.5. The fourth-order valence-electron chi connectivity index (χ4n) is 2.96. The highest BCUT2D eigenvalue weighted by Crippen LogP contribution is 2.24. The van der Waals surface area contributed by atoms with Crippen LogP contribution in [0.4, 0.5) is 15.8 Å². The van der Waals surface area contributed by atoms with Crippen LogP contribution in [-0.2, 0) is 23.1 Å². The number of carbonyl (C=O) groups is 2. The van der Waals surface area contributed by atoms with Gasteiger partial charge in [0.25, 0.3) is 0 Å². The van der Waals surface area contributed by atoms with E-state index in [4.69, 9.17) is 0 Å². The average molecular weight is 442 g/mol. The molecule has 0 radical (unpaired) electrons. The minimum atomic E-state index is -0.505. The van der Waals surface area contributed by atoms with Gasteiger partial charge in [-0.25, -0.2) is 4.39 Å². The third kappa shape index (κ3) is 5.91. The molecule has 162 valence electrons. The molecule has 2 N–H and O–H groups in total. The smallest absolute Gasteiger partial charge is 0.234 e. The molecule has 0 bridgehead atoms. The van der Waals surface area contributed by atoms with Crippen molar-refractivity contribution in [1.82, 2.24) is 14.8 Å². The highest BCUT2D eigenvalue weighted by atomic mass is 32.2. The lowest BCUT2D eigenvalue weighted by molar-refractivity contribution is -0.116. The van der Waals surface area contributed by atoms with Gasteiger partial charge in [-0.2, -0.15) is 0 Å². The molecule has 1 aromatic heterocycles. The highest BCUT2D eigenvalue weighted by molar-refractivity contribution is 7.99. The van der Waals surface area contributed by atoms with Gasteiger partial charge in [0.15, 0.2) is 5.16 Å². The van der Waals surface area contributed by atoms with Crippen molar-refractivity contribution >= 4 is 35.0 Å². The summed E-state index contributed by atoms with van der Waals surface area (Å²) in [5.41, 5.74) is 1.98. The molecule has 3 rings (SSSR count). The number of aromatic nitrogens is 3. The van der Waals surface area contributed by atoms with E-state index in [-0.39, 0.29) is 23.8 Å². The Morgan fingerprint density at radius 1 is 1.00 bits per heavy atom. The standard InChI is InChI=1S/C22H24FN5O2S/c1-14(2)15-8-4-6-10-17(15)24-21(30)13-31-22-27-26-19(28(22)3)12-20(29)25-18-11-7-5-9-16(18)23/h4-11,14H,12-13H2,1-3H3,(H,24,30)(H,25,29). The molecule has 0 saturated carbocycles. The summed E-state index contributed by atoms with van der Waals surface area (Å²) in [5.74, 6) is -0.196. The number of hydrogen-bond acceptors (Lipinski definition) is 5. The number of benzene rings is 2. The number of thioether (sulfide) groups is 1. The lowest BCUT2D eigenvalue weighted by Crippen LogP contribution is -2.18. The minimum absolute atomic E-state index is 0.0631. The number of nitrogens with zero attached hydrogens (tertiary/aromatic N) is 3. The van der Waals surface area contributed by atoms with E-state index in [9.17, 15) is 14.0 Å². The van der Waals surface area contributed by atoms with Crippen LogP contribution in [0.5, 0.6) is 0 Å². The van der Waals surface area contributed by atoms with Crippen molar-refractivity contribution in [3.63, 3.8) is 0 Å². The van der Waals surface area contributed by atoms with Gasteiger partial charge in [0.1, 0.15) is 11.6 Å². The summed E-state index contributed by atoms with van der Waals surface area (Å²) in [5, 5.41) is 14.1. The van der Waals surface area contributed by atoms with E-state index in [1.54, 1.807) is 23.7 Å². The molecule has 7 nitrogen and oxygen atoms in total. The zero-order chi connectivity index (χ0) is 22.4. The Morgan fingerprint density at radius 3 is 2.35 bits per heavy atom. The monoisotopic (exact) mass is 441 g/mol. The summed E-state index contributed by atoms with van der Waals surface area (Å²) in [4.78, 5) is 24.6. The SMILES string of the molecule is CC(C)c1ccccc1NC(=O)CSc1nnc(CC(=O)Nc2ccccc2F)n1C. The van der Waals surface area contributed by atoms with Gasteiger partial charge in [-0.3, -0.25) is 9.59 Å². The van der Waals surface area contributed by atoms with Crippen molar-refractivity contribution in [3.05, 3.63) is 65.7 Å². The van der Waals surface area contributed by atoms with Crippen molar-refractivity contribution in [2.75, 3.05) is 16.4 Å². The largest absolute Gasteiger partial charge is 0.325 e. The Bertz CT molecular complexity index is 1080. The summed E-state index contributed by atoms with van der Waals surface area (Å²) >= 11 is 1.23. The summed E-state index contributed by atoms with van der Waals surface area (Å²) in [6, 6.07) is 13.7. The molecular weight excluding hydrogens is 417 g/mol. The van der Waals surface area contributed by atoms with Crippen LogP contribution in [0.25, 0.3) is 0 Å². The van der Waals surface area contributed by atoms with Gasteiger partial charge in [-0.05, 0) is 29.7 Å². The van der Waals surface area contributed by atoms with Crippen LogP contribution in [0.1, 0.15) is 31.2 Å². The van der Waals surface area contributed by atoms with Crippen LogP contribution in [0.15, 0.2) is 53.7 Å². The van der Waals surface area contributed by atoms with Gasteiger partial charge in [0.2, 0.25) is 11.8 Å². The molecule has 0 aliphatic heterocycles. The second-order valence-corrected chi connectivity index (χ2v) is 8.18.